The monoisotopic (exact) mass is 580 g/mol. The lowest BCUT2D eigenvalue weighted by atomic mass is 9.45. The van der Waals surface area contributed by atoms with Crippen LogP contribution in [0.25, 0.3) is 0 Å². The fraction of sp³-hybridized carbons (Fsp3) is 0.839. The number of carboxylic acid groups (broad SMARTS) is 1. The Hall–Kier alpha value is -1.85. The maximum atomic E-state index is 13.6. The van der Waals surface area contributed by atoms with Gasteiger partial charge in [0.1, 0.15) is 6.10 Å². The van der Waals surface area contributed by atoms with Crippen LogP contribution in [0, 0.1) is 28.6 Å². The van der Waals surface area contributed by atoms with Crippen LogP contribution in [0.1, 0.15) is 98.8 Å². The van der Waals surface area contributed by atoms with Crippen LogP contribution in [0.3, 0.4) is 0 Å². The van der Waals surface area contributed by atoms with Crippen molar-refractivity contribution in [3.63, 3.8) is 0 Å². The van der Waals surface area contributed by atoms with Gasteiger partial charge >= 0.3 is 11.9 Å². The molecule has 3 fully saturated rings. The van der Waals surface area contributed by atoms with Gasteiger partial charge in [-0.15, -0.1) is 0 Å². The molecule has 4 aliphatic carbocycles. The van der Waals surface area contributed by atoms with Crippen molar-refractivity contribution in [2.45, 2.75) is 134 Å². The first kappa shape index (κ1) is 32.1. The summed E-state index contributed by atoms with van der Waals surface area (Å²) in [5, 5.41) is 64.9. The number of aliphatic carboxylic acids is 1. The summed E-state index contributed by atoms with van der Waals surface area (Å²) in [6.45, 7) is 8.77. The highest BCUT2D eigenvalue weighted by molar-refractivity contribution is 5.95. The normalized spacial score (nSPS) is 40.9. The smallest absolute Gasteiger partial charge is 0.306 e. The zero-order chi connectivity index (χ0) is 30.8. The van der Waals surface area contributed by atoms with Gasteiger partial charge in [0.05, 0.1) is 41.9 Å². The minimum Gasteiger partial charge on any atom is -0.481 e. The molecule has 0 aliphatic heterocycles. The molecule has 10 heteroatoms. The number of carboxylic acids is 1. The minimum atomic E-state index is -1.53. The Bertz CT molecular complexity index is 1090. The second-order valence-electron chi connectivity index (χ2n) is 14.5. The van der Waals surface area contributed by atoms with E-state index in [1.807, 2.05) is 13.8 Å². The van der Waals surface area contributed by atoms with Crippen molar-refractivity contribution in [3.8, 4) is 0 Å². The van der Waals surface area contributed by atoms with Gasteiger partial charge in [-0.3, -0.25) is 14.4 Å². The molecular formula is C31H48O10. The quantitative estimate of drug-likeness (QED) is 0.221. The van der Waals surface area contributed by atoms with E-state index < -0.39 is 69.7 Å². The first-order chi connectivity index (χ1) is 18.8. The number of carbonyl (C=O) groups excluding carboxylic acids is 2. The molecule has 6 N–H and O–H groups in total. The summed E-state index contributed by atoms with van der Waals surface area (Å²) in [6.07, 6.45) is 0.485. The zero-order valence-corrected chi connectivity index (χ0v) is 24.9. The lowest BCUT2D eigenvalue weighted by Gasteiger charge is -2.60. The van der Waals surface area contributed by atoms with Crippen molar-refractivity contribution in [1.29, 1.82) is 0 Å². The van der Waals surface area contributed by atoms with Crippen LogP contribution in [-0.2, 0) is 19.1 Å². The van der Waals surface area contributed by atoms with E-state index in [1.165, 1.54) is 0 Å². The van der Waals surface area contributed by atoms with Crippen molar-refractivity contribution < 1.29 is 49.8 Å². The molecule has 4 rings (SSSR count). The highest BCUT2D eigenvalue weighted by Crippen LogP contribution is 2.68. The van der Waals surface area contributed by atoms with Gasteiger partial charge in [-0.05, 0) is 101 Å². The lowest BCUT2D eigenvalue weighted by molar-refractivity contribution is -0.184. The van der Waals surface area contributed by atoms with Gasteiger partial charge in [-0.1, -0.05) is 13.8 Å². The molecule has 0 aromatic rings. The molecule has 0 bridgehead atoms. The summed E-state index contributed by atoms with van der Waals surface area (Å²) >= 11 is 0. The standard InChI is InChI=1S/C31H48O10/c1-27(2,38)11-10-24(34)30(5,39)23-9-13-31(40)18-14-20(32)19-15-21(33)22(41-26(37)7-6-25(35)36)16-28(19,3)17(18)8-12-29(23,31)4/h14,17,19,21-24,33-34,38-40H,6-13,15-16H2,1-5H3,(H,35,36)/t17-,19-,21+,22-,23-,24+,28+,29+,30+,31?/m0/s1. The number of allylic oxidation sites excluding steroid dienone is 1. The number of ether oxygens (including phenoxy) is 1. The summed E-state index contributed by atoms with van der Waals surface area (Å²) in [4.78, 5) is 36.8. The molecule has 0 saturated heterocycles. The van der Waals surface area contributed by atoms with Crippen LogP contribution in [0.4, 0.5) is 0 Å². The van der Waals surface area contributed by atoms with Crippen molar-refractivity contribution >= 4 is 17.7 Å². The number of hydrogen-bond donors (Lipinski definition) is 6. The summed E-state index contributed by atoms with van der Waals surface area (Å²) < 4.78 is 5.53. The summed E-state index contributed by atoms with van der Waals surface area (Å²) in [5.41, 5.74) is -4.84. The molecular weight excluding hydrogens is 532 g/mol. The van der Waals surface area contributed by atoms with Gasteiger partial charge < -0.3 is 35.4 Å². The van der Waals surface area contributed by atoms with Gasteiger partial charge in [0, 0.05) is 11.3 Å². The average molecular weight is 581 g/mol. The number of ketones is 1. The van der Waals surface area contributed by atoms with E-state index in [9.17, 15) is 39.9 Å². The number of carbonyl (C=O) groups is 3. The molecule has 0 amide bonds. The van der Waals surface area contributed by atoms with Crippen LogP contribution < -0.4 is 0 Å². The van der Waals surface area contributed by atoms with E-state index in [0.29, 0.717) is 37.7 Å². The molecule has 0 aromatic heterocycles. The van der Waals surface area contributed by atoms with Crippen molar-refractivity contribution in [2.24, 2.45) is 28.6 Å². The SMILES string of the molecule is CC(C)(O)CC[C@@H](O)[C@](C)(O)[C@H]1CCC2(O)C3=CC(=O)[C@@H]4C[C@@H](O)[C@@H](OC(=O)CCC(=O)O)C[C@]4(C)[C@H]3CC[C@]12C. The van der Waals surface area contributed by atoms with E-state index >= 15 is 0 Å². The second kappa shape index (κ2) is 10.7. The Morgan fingerprint density at radius 3 is 2.37 bits per heavy atom. The van der Waals surface area contributed by atoms with Crippen molar-refractivity contribution in [3.05, 3.63) is 11.6 Å². The second-order valence-corrected chi connectivity index (χ2v) is 14.5. The van der Waals surface area contributed by atoms with Crippen LogP contribution in [0.15, 0.2) is 11.6 Å². The molecule has 0 radical (unpaired) electrons. The van der Waals surface area contributed by atoms with E-state index in [1.54, 1.807) is 26.8 Å². The number of hydrogen-bond acceptors (Lipinski definition) is 9. The van der Waals surface area contributed by atoms with Crippen molar-refractivity contribution in [1.82, 2.24) is 0 Å². The Kier molecular flexibility index (Phi) is 8.37. The number of aliphatic hydroxyl groups excluding tert-OH is 2. The highest BCUT2D eigenvalue weighted by atomic mass is 16.6. The number of aliphatic hydroxyl groups is 5. The molecule has 0 aromatic carbocycles. The number of fused-ring (bicyclic) bond motifs is 5. The third-order valence-electron chi connectivity index (χ3n) is 11.3. The molecule has 232 valence electrons. The Morgan fingerprint density at radius 2 is 1.76 bits per heavy atom. The van der Waals surface area contributed by atoms with Gasteiger partial charge in [-0.2, -0.15) is 0 Å². The van der Waals surface area contributed by atoms with E-state index in [0.717, 1.165) is 0 Å². The van der Waals surface area contributed by atoms with E-state index in [4.69, 9.17) is 9.84 Å². The third kappa shape index (κ3) is 5.51. The van der Waals surface area contributed by atoms with Gasteiger partial charge in [0.2, 0.25) is 0 Å². The molecule has 0 heterocycles. The van der Waals surface area contributed by atoms with Crippen LogP contribution in [-0.4, -0.2) is 83.5 Å². The molecule has 41 heavy (non-hydrogen) atoms. The Labute approximate surface area is 241 Å². The van der Waals surface area contributed by atoms with Gasteiger partial charge in [-0.25, -0.2) is 0 Å². The first-order valence-electron chi connectivity index (χ1n) is 15.0. The first-order valence-corrected chi connectivity index (χ1v) is 15.0. The Balaban J connectivity index is 1.60. The minimum absolute atomic E-state index is 0.104. The third-order valence-corrected chi connectivity index (χ3v) is 11.3. The molecule has 3 saturated carbocycles. The summed E-state index contributed by atoms with van der Waals surface area (Å²) in [7, 11) is 0. The van der Waals surface area contributed by atoms with Gasteiger partial charge in [0.15, 0.2) is 5.78 Å². The molecule has 0 spiro atoms. The van der Waals surface area contributed by atoms with Crippen LogP contribution in [0.5, 0.6) is 0 Å². The largest absolute Gasteiger partial charge is 0.481 e. The van der Waals surface area contributed by atoms with Crippen LogP contribution >= 0.6 is 0 Å². The predicted molar refractivity (Wildman–Crippen MR) is 147 cm³/mol. The van der Waals surface area contributed by atoms with E-state index in [2.05, 4.69) is 0 Å². The zero-order valence-electron chi connectivity index (χ0n) is 24.9. The lowest BCUT2D eigenvalue weighted by Crippen LogP contribution is -2.63. The molecule has 4 aliphatic rings. The average Bonchev–Trinajstić information content (AvgIpc) is 3.14. The summed E-state index contributed by atoms with van der Waals surface area (Å²) in [5.74, 6) is -3.22. The maximum absolute atomic E-state index is 13.6. The molecule has 10 atom stereocenters. The predicted octanol–water partition coefficient (Wildman–Crippen LogP) is 2.27. The molecule has 1 unspecified atom stereocenters. The van der Waals surface area contributed by atoms with Crippen molar-refractivity contribution in [2.75, 3.05) is 0 Å². The molecule has 10 nitrogen and oxygen atoms in total. The number of esters is 1. The topological polar surface area (TPSA) is 182 Å². The Morgan fingerprint density at radius 1 is 1.10 bits per heavy atom. The fourth-order valence-corrected chi connectivity index (χ4v) is 8.86. The maximum Gasteiger partial charge on any atom is 0.306 e. The fourth-order valence-electron chi connectivity index (χ4n) is 8.86. The van der Waals surface area contributed by atoms with Crippen LogP contribution in [0.2, 0.25) is 0 Å². The highest BCUT2D eigenvalue weighted by Gasteiger charge is 2.69. The number of rotatable bonds is 9. The van der Waals surface area contributed by atoms with Gasteiger partial charge in [0.25, 0.3) is 0 Å². The summed E-state index contributed by atoms with van der Waals surface area (Å²) in [6, 6.07) is 0. The van der Waals surface area contributed by atoms with E-state index in [-0.39, 0.29) is 43.8 Å².